The molecule has 0 radical (unpaired) electrons. The van der Waals surface area contributed by atoms with E-state index >= 15 is 0 Å². The van der Waals surface area contributed by atoms with E-state index in [0.717, 1.165) is 12.8 Å². The van der Waals surface area contributed by atoms with Crippen molar-refractivity contribution in [3.8, 4) is 0 Å². The summed E-state index contributed by atoms with van der Waals surface area (Å²) in [6.07, 6.45) is 2.11. The van der Waals surface area contributed by atoms with Gasteiger partial charge in [-0.2, -0.15) is 4.31 Å². The number of piperidine rings is 1. The topological polar surface area (TPSA) is 57.6 Å². The van der Waals surface area contributed by atoms with Crippen molar-refractivity contribution in [1.29, 1.82) is 0 Å². The van der Waals surface area contributed by atoms with Crippen molar-refractivity contribution in [3.63, 3.8) is 0 Å². The number of benzene rings is 1. The second-order valence-electron chi connectivity index (χ2n) is 5.40. The predicted octanol–water partition coefficient (Wildman–Crippen LogP) is 2.67. The molecule has 1 aromatic rings. The third-order valence-corrected chi connectivity index (χ3v) is 7.06. The Bertz CT molecular complexity index is 600. The number of hydrogen-bond acceptors (Lipinski definition) is 3. The zero-order chi connectivity index (χ0) is 14.5. The predicted molar refractivity (Wildman–Crippen MR) is 77.5 cm³/mol. The fourth-order valence-corrected chi connectivity index (χ4v) is 6.32. The maximum atomic E-state index is 12.9. The van der Waals surface area contributed by atoms with E-state index in [2.05, 4.69) is 0 Å². The van der Waals surface area contributed by atoms with Gasteiger partial charge in [0, 0.05) is 12.1 Å². The lowest BCUT2D eigenvalue weighted by Crippen LogP contribution is -2.47. The van der Waals surface area contributed by atoms with Crippen molar-refractivity contribution < 1.29 is 13.5 Å². The minimum Gasteiger partial charge on any atom is -0.393 e. The Morgan fingerprint density at radius 2 is 1.60 bits per heavy atom. The molecular formula is C13H15Cl2NO3S. The molecule has 3 rings (SSSR count). The Kier molecular flexibility index (Phi) is 3.75. The first-order chi connectivity index (χ1) is 9.41. The molecule has 0 saturated carbocycles. The van der Waals surface area contributed by atoms with Crippen LogP contribution in [0.4, 0.5) is 0 Å². The van der Waals surface area contributed by atoms with E-state index in [1.807, 2.05) is 0 Å². The molecule has 0 aromatic heterocycles. The Balaban J connectivity index is 2.06. The van der Waals surface area contributed by atoms with E-state index in [0.29, 0.717) is 12.8 Å². The van der Waals surface area contributed by atoms with Gasteiger partial charge in [0.05, 0.1) is 16.1 Å². The number of hydrogen-bond donors (Lipinski definition) is 1. The van der Waals surface area contributed by atoms with Crippen LogP contribution in [0.1, 0.15) is 25.7 Å². The number of rotatable bonds is 2. The monoisotopic (exact) mass is 335 g/mol. The summed E-state index contributed by atoms with van der Waals surface area (Å²) in [5, 5.41) is 10.1. The summed E-state index contributed by atoms with van der Waals surface area (Å²) < 4.78 is 27.3. The van der Waals surface area contributed by atoms with Crippen molar-refractivity contribution >= 4 is 33.2 Å². The van der Waals surface area contributed by atoms with Gasteiger partial charge in [0.25, 0.3) is 0 Å². The van der Waals surface area contributed by atoms with Crippen LogP contribution in [0.15, 0.2) is 23.1 Å². The molecule has 2 unspecified atom stereocenters. The summed E-state index contributed by atoms with van der Waals surface area (Å²) in [6, 6.07) is 4.38. The van der Waals surface area contributed by atoms with Gasteiger partial charge in [-0.3, -0.25) is 0 Å². The number of nitrogens with zero attached hydrogens (tertiary/aromatic N) is 1. The highest BCUT2D eigenvalue weighted by molar-refractivity contribution is 7.89. The highest BCUT2D eigenvalue weighted by atomic mass is 35.5. The van der Waals surface area contributed by atoms with Crippen LogP contribution in [0, 0.1) is 0 Å². The molecule has 0 aliphatic carbocycles. The molecule has 7 heteroatoms. The summed E-state index contributed by atoms with van der Waals surface area (Å²) in [6.45, 7) is 0. The maximum absolute atomic E-state index is 12.9. The summed E-state index contributed by atoms with van der Waals surface area (Å²) >= 11 is 12.1. The van der Waals surface area contributed by atoms with Crippen LogP contribution in [0.2, 0.25) is 10.0 Å². The standard InChI is InChI=1S/C13H15Cl2NO3S/c14-11-2-1-3-12(15)13(11)20(18,19)16-8-4-5-9(16)7-10(17)6-8/h1-3,8-10,17H,4-7H2. The van der Waals surface area contributed by atoms with Crippen LogP contribution in [0.5, 0.6) is 0 Å². The van der Waals surface area contributed by atoms with Crippen molar-refractivity contribution in [2.75, 3.05) is 0 Å². The largest absolute Gasteiger partial charge is 0.393 e. The first-order valence-electron chi connectivity index (χ1n) is 6.57. The minimum absolute atomic E-state index is 0.0170. The normalized spacial score (nSPS) is 30.6. The van der Waals surface area contributed by atoms with Crippen LogP contribution in [0.25, 0.3) is 0 Å². The number of halogens is 2. The zero-order valence-electron chi connectivity index (χ0n) is 10.7. The molecule has 1 N–H and O–H groups in total. The second-order valence-corrected chi connectivity index (χ2v) is 7.99. The Morgan fingerprint density at radius 3 is 2.10 bits per heavy atom. The summed E-state index contributed by atoms with van der Waals surface area (Å²) in [5.74, 6) is 0. The van der Waals surface area contributed by atoms with Gasteiger partial charge in [-0.1, -0.05) is 29.3 Å². The Hall–Kier alpha value is -0.330. The first kappa shape index (κ1) is 14.6. The zero-order valence-corrected chi connectivity index (χ0v) is 13.0. The molecule has 2 atom stereocenters. The van der Waals surface area contributed by atoms with Crippen LogP contribution < -0.4 is 0 Å². The van der Waals surface area contributed by atoms with E-state index in [9.17, 15) is 13.5 Å². The highest BCUT2D eigenvalue weighted by Gasteiger charge is 2.47. The van der Waals surface area contributed by atoms with Gasteiger partial charge in [-0.25, -0.2) is 8.42 Å². The third kappa shape index (κ3) is 2.25. The molecule has 2 aliphatic heterocycles. The van der Waals surface area contributed by atoms with E-state index in [4.69, 9.17) is 23.2 Å². The molecule has 1 aromatic carbocycles. The average molecular weight is 336 g/mol. The minimum atomic E-state index is -3.72. The first-order valence-corrected chi connectivity index (χ1v) is 8.76. The number of aliphatic hydroxyl groups excluding tert-OH is 1. The summed E-state index contributed by atoms with van der Waals surface area (Å²) in [5.41, 5.74) is 0. The van der Waals surface area contributed by atoms with Gasteiger partial charge < -0.3 is 5.11 Å². The number of fused-ring (bicyclic) bond motifs is 2. The van der Waals surface area contributed by atoms with Gasteiger partial charge in [0.1, 0.15) is 4.90 Å². The van der Waals surface area contributed by atoms with Gasteiger partial charge in [-0.15, -0.1) is 0 Å². The van der Waals surface area contributed by atoms with Crippen LogP contribution in [-0.4, -0.2) is 36.0 Å². The lowest BCUT2D eigenvalue weighted by molar-refractivity contribution is 0.0769. The van der Waals surface area contributed by atoms with Gasteiger partial charge in [0.2, 0.25) is 10.0 Å². The fraction of sp³-hybridized carbons (Fsp3) is 0.538. The molecule has 110 valence electrons. The van der Waals surface area contributed by atoms with Gasteiger partial charge in [-0.05, 0) is 37.8 Å². The summed E-state index contributed by atoms with van der Waals surface area (Å²) in [4.78, 5) is -0.0170. The Labute approximate surface area is 128 Å². The fourth-order valence-electron chi connectivity index (χ4n) is 3.33. The molecule has 2 fully saturated rings. The van der Waals surface area contributed by atoms with Crippen molar-refractivity contribution in [1.82, 2.24) is 4.31 Å². The van der Waals surface area contributed by atoms with E-state index in [1.54, 1.807) is 6.07 Å². The second kappa shape index (κ2) is 5.14. The molecule has 0 spiro atoms. The molecule has 2 bridgehead atoms. The van der Waals surface area contributed by atoms with E-state index < -0.39 is 16.1 Å². The molecule has 2 saturated heterocycles. The van der Waals surface area contributed by atoms with Crippen LogP contribution in [-0.2, 0) is 10.0 Å². The molecular weight excluding hydrogens is 321 g/mol. The molecule has 20 heavy (non-hydrogen) atoms. The lowest BCUT2D eigenvalue weighted by Gasteiger charge is -2.36. The summed E-state index contributed by atoms with van der Waals surface area (Å²) in [7, 11) is -3.72. The average Bonchev–Trinajstić information content (AvgIpc) is 2.62. The maximum Gasteiger partial charge on any atom is 0.246 e. The van der Waals surface area contributed by atoms with E-state index in [1.165, 1.54) is 16.4 Å². The van der Waals surface area contributed by atoms with Gasteiger partial charge >= 0.3 is 0 Å². The van der Waals surface area contributed by atoms with Crippen molar-refractivity contribution in [2.24, 2.45) is 0 Å². The third-order valence-electron chi connectivity index (χ3n) is 4.10. The molecule has 2 aliphatic rings. The SMILES string of the molecule is O=S(=O)(c1c(Cl)cccc1Cl)N1C2CCC1CC(O)C2. The highest BCUT2D eigenvalue weighted by Crippen LogP contribution is 2.42. The number of aliphatic hydroxyl groups is 1. The lowest BCUT2D eigenvalue weighted by atomic mass is 10.0. The van der Waals surface area contributed by atoms with Crippen molar-refractivity contribution in [2.45, 2.75) is 48.8 Å². The molecule has 2 heterocycles. The van der Waals surface area contributed by atoms with Crippen LogP contribution >= 0.6 is 23.2 Å². The van der Waals surface area contributed by atoms with E-state index in [-0.39, 0.29) is 27.0 Å². The quantitative estimate of drug-likeness (QED) is 0.903. The smallest absolute Gasteiger partial charge is 0.246 e. The molecule has 4 nitrogen and oxygen atoms in total. The van der Waals surface area contributed by atoms with Crippen molar-refractivity contribution in [3.05, 3.63) is 28.2 Å². The van der Waals surface area contributed by atoms with Crippen LogP contribution in [0.3, 0.4) is 0 Å². The number of sulfonamides is 1. The Morgan fingerprint density at radius 1 is 1.10 bits per heavy atom. The van der Waals surface area contributed by atoms with Gasteiger partial charge in [0.15, 0.2) is 0 Å². The molecule has 0 amide bonds.